The second-order valence-electron chi connectivity index (χ2n) is 5.29. The van der Waals surface area contributed by atoms with Gasteiger partial charge in [-0.3, -0.25) is 9.59 Å². The molecule has 114 valence electrons. The van der Waals surface area contributed by atoms with Gasteiger partial charge in [-0.15, -0.1) is 0 Å². The molecule has 0 aromatic carbocycles. The third-order valence-corrected chi connectivity index (χ3v) is 3.65. The molecule has 2 amide bonds. The van der Waals surface area contributed by atoms with E-state index in [2.05, 4.69) is 10.6 Å². The molecule has 0 aromatic heterocycles. The number of nitrogens with one attached hydrogen (secondary N) is 2. The molecule has 2 heterocycles. The fourth-order valence-corrected chi connectivity index (χ4v) is 2.47. The summed E-state index contributed by atoms with van der Waals surface area (Å²) in [5.74, 6) is -0.0169. The molecule has 2 fully saturated rings. The summed E-state index contributed by atoms with van der Waals surface area (Å²) in [5.41, 5.74) is 0. The van der Waals surface area contributed by atoms with Crippen LogP contribution in [0.15, 0.2) is 0 Å². The summed E-state index contributed by atoms with van der Waals surface area (Å²) in [6.45, 7) is 2.64. The lowest BCUT2D eigenvalue weighted by Crippen LogP contribution is -2.36. The monoisotopic (exact) mass is 284 g/mol. The lowest BCUT2D eigenvalue weighted by molar-refractivity contribution is -0.130. The van der Waals surface area contributed by atoms with Gasteiger partial charge in [0.25, 0.3) is 0 Å². The first kappa shape index (κ1) is 15.3. The molecule has 2 aliphatic rings. The maximum atomic E-state index is 11.6. The molecule has 0 saturated carbocycles. The van der Waals surface area contributed by atoms with Crippen molar-refractivity contribution in [3.8, 4) is 0 Å². The molecule has 2 rings (SSSR count). The van der Waals surface area contributed by atoms with E-state index in [0.29, 0.717) is 26.3 Å². The minimum Gasteiger partial charge on any atom is -0.368 e. The van der Waals surface area contributed by atoms with Crippen molar-refractivity contribution in [2.45, 2.75) is 50.7 Å². The van der Waals surface area contributed by atoms with Gasteiger partial charge in [0, 0.05) is 26.3 Å². The van der Waals surface area contributed by atoms with Crippen LogP contribution in [-0.4, -0.2) is 50.3 Å². The summed E-state index contributed by atoms with van der Waals surface area (Å²) < 4.78 is 10.6. The number of ether oxygens (including phenoxy) is 2. The molecular formula is C14H24N2O4. The number of amides is 2. The van der Waals surface area contributed by atoms with Gasteiger partial charge in [0.15, 0.2) is 0 Å². The van der Waals surface area contributed by atoms with Gasteiger partial charge in [-0.05, 0) is 38.5 Å². The van der Waals surface area contributed by atoms with Crippen LogP contribution < -0.4 is 10.6 Å². The maximum absolute atomic E-state index is 11.6. The van der Waals surface area contributed by atoms with Crippen molar-refractivity contribution < 1.29 is 19.1 Å². The van der Waals surface area contributed by atoms with Crippen LogP contribution in [0.1, 0.15) is 38.5 Å². The zero-order valence-corrected chi connectivity index (χ0v) is 11.9. The lowest BCUT2D eigenvalue weighted by Gasteiger charge is -2.11. The largest absolute Gasteiger partial charge is 0.368 e. The Balaban J connectivity index is 1.45. The van der Waals surface area contributed by atoms with E-state index in [0.717, 1.165) is 38.5 Å². The lowest BCUT2D eigenvalue weighted by atomic mass is 10.2. The first-order valence-electron chi connectivity index (χ1n) is 7.56. The Hall–Kier alpha value is -1.14. The predicted molar refractivity (Wildman–Crippen MR) is 73.2 cm³/mol. The summed E-state index contributed by atoms with van der Waals surface area (Å²) in [4.78, 5) is 23.3. The van der Waals surface area contributed by atoms with Crippen molar-refractivity contribution in [3.05, 3.63) is 0 Å². The van der Waals surface area contributed by atoms with Crippen LogP contribution in [0.5, 0.6) is 0 Å². The Labute approximate surface area is 119 Å². The van der Waals surface area contributed by atoms with Gasteiger partial charge in [-0.25, -0.2) is 0 Å². The zero-order valence-electron chi connectivity index (χ0n) is 11.9. The summed E-state index contributed by atoms with van der Waals surface area (Å²) in [7, 11) is 0. The number of unbranched alkanes of at least 4 members (excludes halogenated alkanes) is 1. The molecule has 2 saturated heterocycles. The Bertz CT molecular complexity index is 291. The Kier molecular flexibility index (Phi) is 6.26. The van der Waals surface area contributed by atoms with Crippen LogP contribution in [0.4, 0.5) is 0 Å². The Morgan fingerprint density at radius 2 is 1.30 bits per heavy atom. The smallest absolute Gasteiger partial charge is 0.249 e. The average Bonchev–Trinajstić information content (AvgIpc) is 3.14. The predicted octanol–water partition coefficient (Wildman–Crippen LogP) is 0.357. The minimum absolute atomic E-state index is 0.00843. The third kappa shape index (κ3) is 4.76. The van der Waals surface area contributed by atoms with E-state index >= 15 is 0 Å². The molecule has 0 radical (unpaired) electrons. The average molecular weight is 284 g/mol. The molecule has 0 unspecified atom stereocenters. The zero-order chi connectivity index (χ0) is 14.2. The molecule has 6 nitrogen and oxygen atoms in total. The molecule has 6 heteroatoms. The molecule has 20 heavy (non-hydrogen) atoms. The number of carbonyl (C=O) groups excluding carboxylic acids is 2. The fraction of sp³-hybridized carbons (Fsp3) is 0.857. The highest BCUT2D eigenvalue weighted by Crippen LogP contribution is 2.12. The molecule has 0 spiro atoms. The fourth-order valence-electron chi connectivity index (χ4n) is 2.47. The standard InChI is InChI=1S/C14H24N2O4/c17-13(11-5-3-9-19-11)15-7-1-2-8-16-14(18)12-6-4-10-20-12/h11-12H,1-10H2,(H,15,17)(H,16,18)/t11-,12-/m1/s1. The molecule has 2 aliphatic heterocycles. The van der Waals surface area contributed by atoms with Crippen molar-refractivity contribution in [2.24, 2.45) is 0 Å². The third-order valence-electron chi connectivity index (χ3n) is 3.65. The molecule has 0 aliphatic carbocycles. The molecule has 2 atom stereocenters. The van der Waals surface area contributed by atoms with E-state index in [9.17, 15) is 9.59 Å². The second-order valence-corrected chi connectivity index (χ2v) is 5.29. The van der Waals surface area contributed by atoms with E-state index in [1.807, 2.05) is 0 Å². The van der Waals surface area contributed by atoms with Gasteiger partial charge >= 0.3 is 0 Å². The quantitative estimate of drug-likeness (QED) is 0.662. The van der Waals surface area contributed by atoms with Crippen molar-refractivity contribution >= 4 is 11.8 Å². The van der Waals surface area contributed by atoms with Gasteiger partial charge < -0.3 is 20.1 Å². The van der Waals surface area contributed by atoms with Crippen LogP contribution >= 0.6 is 0 Å². The van der Waals surface area contributed by atoms with E-state index in [-0.39, 0.29) is 24.0 Å². The Morgan fingerprint density at radius 1 is 0.850 bits per heavy atom. The first-order chi connectivity index (χ1) is 9.77. The summed E-state index contributed by atoms with van der Waals surface area (Å²) >= 11 is 0. The van der Waals surface area contributed by atoms with Gasteiger partial charge in [0.05, 0.1) is 0 Å². The SMILES string of the molecule is O=C(NCCCCNC(=O)[C@H]1CCCO1)[C@H]1CCCO1. The van der Waals surface area contributed by atoms with Crippen LogP contribution in [0, 0.1) is 0 Å². The van der Waals surface area contributed by atoms with Crippen LogP contribution in [0.2, 0.25) is 0 Å². The van der Waals surface area contributed by atoms with E-state index in [1.54, 1.807) is 0 Å². The second kappa shape index (κ2) is 8.21. The Morgan fingerprint density at radius 3 is 1.65 bits per heavy atom. The van der Waals surface area contributed by atoms with Crippen molar-refractivity contribution in [3.63, 3.8) is 0 Å². The molecule has 0 bridgehead atoms. The normalized spacial score (nSPS) is 25.6. The highest BCUT2D eigenvalue weighted by molar-refractivity contribution is 5.81. The van der Waals surface area contributed by atoms with Crippen LogP contribution in [-0.2, 0) is 19.1 Å². The van der Waals surface area contributed by atoms with Gasteiger partial charge in [0.2, 0.25) is 11.8 Å². The summed E-state index contributed by atoms with van der Waals surface area (Å²) in [6, 6.07) is 0. The first-order valence-corrected chi connectivity index (χ1v) is 7.56. The minimum atomic E-state index is -0.255. The highest BCUT2D eigenvalue weighted by atomic mass is 16.5. The van der Waals surface area contributed by atoms with E-state index in [1.165, 1.54) is 0 Å². The molecule has 0 aromatic rings. The van der Waals surface area contributed by atoms with Crippen LogP contribution in [0.3, 0.4) is 0 Å². The number of rotatable bonds is 7. The molecular weight excluding hydrogens is 260 g/mol. The van der Waals surface area contributed by atoms with Crippen molar-refractivity contribution in [1.29, 1.82) is 0 Å². The highest BCUT2D eigenvalue weighted by Gasteiger charge is 2.23. The van der Waals surface area contributed by atoms with Gasteiger partial charge in [-0.1, -0.05) is 0 Å². The van der Waals surface area contributed by atoms with E-state index in [4.69, 9.17) is 9.47 Å². The number of carbonyl (C=O) groups is 2. The number of hydrogen-bond acceptors (Lipinski definition) is 4. The van der Waals surface area contributed by atoms with Crippen molar-refractivity contribution in [1.82, 2.24) is 10.6 Å². The molecule has 2 N–H and O–H groups in total. The number of hydrogen-bond donors (Lipinski definition) is 2. The summed E-state index contributed by atoms with van der Waals surface area (Å²) in [5, 5.41) is 5.73. The topological polar surface area (TPSA) is 76.7 Å². The van der Waals surface area contributed by atoms with Gasteiger partial charge in [-0.2, -0.15) is 0 Å². The maximum Gasteiger partial charge on any atom is 0.249 e. The van der Waals surface area contributed by atoms with Crippen molar-refractivity contribution in [2.75, 3.05) is 26.3 Å². The summed E-state index contributed by atoms with van der Waals surface area (Å²) in [6.07, 6.45) is 4.77. The van der Waals surface area contributed by atoms with E-state index < -0.39 is 0 Å². The van der Waals surface area contributed by atoms with Gasteiger partial charge in [0.1, 0.15) is 12.2 Å². The van der Waals surface area contributed by atoms with Crippen LogP contribution in [0.25, 0.3) is 0 Å².